The Morgan fingerprint density at radius 1 is 1.06 bits per heavy atom. The average Bonchev–Trinajstić information content (AvgIpc) is 2.26. The molecule has 18 heavy (non-hydrogen) atoms. The van der Waals surface area contributed by atoms with Crippen molar-refractivity contribution in [1.29, 1.82) is 0 Å². The summed E-state index contributed by atoms with van der Waals surface area (Å²) in [6, 6.07) is 0. The van der Waals surface area contributed by atoms with E-state index in [1.54, 1.807) is 0 Å². The third-order valence-electron chi connectivity index (χ3n) is 4.73. The highest BCUT2D eigenvalue weighted by Gasteiger charge is 2.43. The van der Waals surface area contributed by atoms with Crippen LogP contribution in [-0.4, -0.2) is 42.3 Å². The Bertz CT molecular complexity index is 262. The summed E-state index contributed by atoms with van der Waals surface area (Å²) < 4.78 is 5.87. The van der Waals surface area contributed by atoms with Crippen LogP contribution in [0.15, 0.2) is 0 Å². The number of ether oxygens (including phenoxy) is 1. The van der Waals surface area contributed by atoms with Crippen molar-refractivity contribution in [3.8, 4) is 0 Å². The molecule has 2 aliphatic rings. The van der Waals surface area contributed by atoms with Gasteiger partial charge in [0.25, 0.3) is 0 Å². The fraction of sp³-hybridized carbons (Fsp3) is 1.00. The summed E-state index contributed by atoms with van der Waals surface area (Å²) in [7, 11) is 0. The number of hydrogen-bond donors (Lipinski definition) is 1. The van der Waals surface area contributed by atoms with Crippen molar-refractivity contribution >= 4 is 0 Å². The van der Waals surface area contributed by atoms with Crippen LogP contribution < -0.4 is 5.73 Å². The van der Waals surface area contributed by atoms with Crippen molar-refractivity contribution in [3.63, 3.8) is 0 Å². The second-order valence-corrected chi connectivity index (χ2v) is 6.95. The van der Waals surface area contributed by atoms with Gasteiger partial charge in [0, 0.05) is 25.2 Å². The molecule has 2 rings (SSSR count). The van der Waals surface area contributed by atoms with Gasteiger partial charge >= 0.3 is 0 Å². The smallest absolute Gasteiger partial charge is 0.0678 e. The zero-order valence-electron chi connectivity index (χ0n) is 12.5. The van der Waals surface area contributed by atoms with E-state index in [4.69, 9.17) is 10.5 Å². The Balaban J connectivity index is 2.15. The van der Waals surface area contributed by atoms with Crippen LogP contribution in [0.25, 0.3) is 0 Å². The molecule has 2 N–H and O–H groups in total. The lowest BCUT2D eigenvalue weighted by Gasteiger charge is -2.52. The number of morpholine rings is 1. The SMILES string of the molecule is CC1CC(C)CC(CN)(N2C[C@@H](C)O[C@@H](C)C2)C1. The molecule has 0 aromatic carbocycles. The maximum atomic E-state index is 6.20. The minimum absolute atomic E-state index is 0.226. The second kappa shape index (κ2) is 5.48. The minimum Gasteiger partial charge on any atom is -0.373 e. The number of rotatable bonds is 2. The van der Waals surface area contributed by atoms with Gasteiger partial charge in [0.05, 0.1) is 12.2 Å². The molecule has 4 atom stereocenters. The second-order valence-electron chi connectivity index (χ2n) is 6.95. The van der Waals surface area contributed by atoms with Gasteiger partial charge < -0.3 is 10.5 Å². The molecule has 0 amide bonds. The van der Waals surface area contributed by atoms with E-state index in [0.29, 0.717) is 12.2 Å². The molecular weight excluding hydrogens is 224 g/mol. The standard InChI is InChI=1S/C15H30N2O/c1-11-5-12(2)7-15(6-11,10-16)17-8-13(3)18-14(4)9-17/h11-14H,5-10,16H2,1-4H3/t11?,12?,13-,14+,15?. The lowest BCUT2D eigenvalue weighted by atomic mass is 9.70. The maximum absolute atomic E-state index is 6.20. The first kappa shape index (κ1) is 14.3. The lowest BCUT2D eigenvalue weighted by molar-refractivity contribution is -0.115. The Hall–Kier alpha value is -0.120. The molecule has 3 heteroatoms. The molecule has 2 unspecified atom stereocenters. The molecule has 1 heterocycles. The zero-order chi connectivity index (χ0) is 13.3. The third-order valence-corrected chi connectivity index (χ3v) is 4.73. The van der Waals surface area contributed by atoms with Gasteiger partial charge in [-0.05, 0) is 44.9 Å². The highest BCUT2D eigenvalue weighted by molar-refractivity contribution is 4.99. The molecule has 106 valence electrons. The van der Waals surface area contributed by atoms with E-state index in [2.05, 4.69) is 32.6 Å². The van der Waals surface area contributed by atoms with Crippen LogP contribution in [0.2, 0.25) is 0 Å². The largest absolute Gasteiger partial charge is 0.373 e. The summed E-state index contributed by atoms with van der Waals surface area (Å²) in [6.07, 6.45) is 4.55. The van der Waals surface area contributed by atoms with Gasteiger partial charge in [0.15, 0.2) is 0 Å². The molecule has 0 bridgehead atoms. The van der Waals surface area contributed by atoms with Crippen molar-refractivity contribution in [3.05, 3.63) is 0 Å². The van der Waals surface area contributed by atoms with Gasteiger partial charge in [-0.2, -0.15) is 0 Å². The average molecular weight is 254 g/mol. The molecule has 1 aliphatic carbocycles. The number of nitrogens with zero attached hydrogens (tertiary/aromatic N) is 1. The van der Waals surface area contributed by atoms with E-state index in [1.165, 1.54) is 19.3 Å². The van der Waals surface area contributed by atoms with E-state index in [1.807, 2.05) is 0 Å². The van der Waals surface area contributed by atoms with Gasteiger partial charge in [-0.15, -0.1) is 0 Å². The molecule has 1 saturated carbocycles. The van der Waals surface area contributed by atoms with Crippen LogP contribution in [0.1, 0.15) is 47.0 Å². The van der Waals surface area contributed by atoms with Crippen LogP contribution in [0, 0.1) is 11.8 Å². The van der Waals surface area contributed by atoms with Crippen molar-refractivity contribution in [2.75, 3.05) is 19.6 Å². The number of nitrogens with two attached hydrogens (primary N) is 1. The predicted octanol–water partition coefficient (Wildman–Crippen LogP) is 2.25. The van der Waals surface area contributed by atoms with E-state index >= 15 is 0 Å². The molecule has 0 radical (unpaired) electrons. The van der Waals surface area contributed by atoms with E-state index < -0.39 is 0 Å². The summed E-state index contributed by atoms with van der Waals surface area (Å²) >= 11 is 0. The topological polar surface area (TPSA) is 38.5 Å². The van der Waals surface area contributed by atoms with Crippen molar-refractivity contribution in [1.82, 2.24) is 4.90 Å². The molecule has 1 aliphatic heterocycles. The first-order chi connectivity index (χ1) is 8.45. The highest BCUT2D eigenvalue weighted by atomic mass is 16.5. The molecular formula is C15H30N2O. The van der Waals surface area contributed by atoms with Gasteiger partial charge in [-0.1, -0.05) is 13.8 Å². The molecule has 3 nitrogen and oxygen atoms in total. The van der Waals surface area contributed by atoms with Crippen molar-refractivity contribution in [2.24, 2.45) is 17.6 Å². The van der Waals surface area contributed by atoms with Gasteiger partial charge in [0.2, 0.25) is 0 Å². The fourth-order valence-electron chi connectivity index (χ4n) is 4.35. The summed E-state index contributed by atoms with van der Waals surface area (Å²) in [6.45, 7) is 12.0. The van der Waals surface area contributed by atoms with Gasteiger partial charge in [0.1, 0.15) is 0 Å². The lowest BCUT2D eigenvalue weighted by Crippen LogP contribution is -2.62. The maximum Gasteiger partial charge on any atom is 0.0678 e. The molecule has 0 spiro atoms. The summed E-state index contributed by atoms with van der Waals surface area (Å²) in [5.74, 6) is 1.59. The van der Waals surface area contributed by atoms with Crippen LogP contribution in [0.3, 0.4) is 0 Å². The third kappa shape index (κ3) is 2.89. The first-order valence-electron chi connectivity index (χ1n) is 7.56. The summed E-state index contributed by atoms with van der Waals surface area (Å²) in [5, 5.41) is 0. The summed E-state index contributed by atoms with van der Waals surface area (Å²) in [5.41, 5.74) is 6.43. The van der Waals surface area contributed by atoms with Crippen LogP contribution in [0.5, 0.6) is 0 Å². The van der Waals surface area contributed by atoms with Crippen LogP contribution in [-0.2, 0) is 4.74 Å². The molecule has 2 fully saturated rings. The monoisotopic (exact) mass is 254 g/mol. The van der Waals surface area contributed by atoms with E-state index in [9.17, 15) is 0 Å². The van der Waals surface area contributed by atoms with E-state index in [0.717, 1.165) is 31.5 Å². The van der Waals surface area contributed by atoms with Crippen LogP contribution in [0.4, 0.5) is 0 Å². The van der Waals surface area contributed by atoms with Crippen molar-refractivity contribution in [2.45, 2.75) is 64.7 Å². The quantitative estimate of drug-likeness (QED) is 0.821. The highest BCUT2D eigenvalue weighted by Crippen LogP contribution is 2.40. The molecule has 0 aromatic heterocycles. The summed E-state index contributed by atoms with van der Waals surface area (Å²) in [4.78, 5) is 2.64. The Kier molecular flexibility index (Phi) is 4.35. The fourth-order valence-corrected chi connectivity index (χ4v) is 4.35. The van der Waals surface area contributed by atoms with E-state index in [-0.39, 0.29) is 5.54 Å². The Labute approximate surface area is 112 Å². The van der Waals surface area contributed by atoms with Crippen LogP contribution >= 0.6 is 0 Å². The Morgan fingerprint density at radius 2 is 1.56 bits per heavy atom. The number of hydrogen-bond acceptors (Lipinski definition) is 3. The normalized spacial score (nSPS) is 47.2. The first-order valence-corrected chi connectivity index (χ1v) is 7.56. The molecule has 1 saturated heterocycles. The zero-order valence-corrected chi connectivity index (χ0v) is 12.5. The van der Waals surface area contributed by atoms with Crippen molar-refractivity contribution < 1.29 is 4.74 Å². The van der Waals surface area contributed by atoms with Gasteiger partial charge in [-0.3, -0.25) is 4.90 Å². The Morgan fingerprint density at radius 3 is 2.00 bits per heavy atom. The minimum atomic E-state index is 0.226. The molecule has 0 aromatic rings. The van der Waals surface area contributed by atoms with Gasteiger partial charge in [-0.25, -0.2) is 0 Å². The predicted molar refractivity (Wildman–Crippen MR) is 75.5 cm³/mol.